The molecule has 0 heterocycles. The minimum absolute atomic E-state index is 0.541. The molecule has 0 amide bonds. The first-order valence-electron chi connectivity index (χ1n) is 5.95. The summed E-state index contributed by atoms with van der Waals surface area (Å²) in [7, 11) is 0. The first-order valence-corrected chi connectivity index (χ1v) is 5.95. The summed E-state index contributed by atoms with van der Waals surface area (Å²) in [6.07, 6.45) is 5.53. The fourth-order valence-electron chi connectivity index (χ4n) is 1.98. The SMILES string of the molecule is C#Cc1cc(C)cc(C)c1OCc1ccccc1. The quantitative estimate of drug-likeness (QED) is 0.735. The van der Waals surface area contributed by atoms with Crippen molar-refractivity contribution < 1.29 is 4.74 Å². The van der Waals surface area contributed by atoms with Crippen LogP contribution in [0.15, 0.2) is 42.5 Å². The molecular weight excluding hydrogens is 220 g/mol. The molecule has 2 aromatic carbocycles. The van der Waals surface area contributed by atoms with Gasteiger partial charge in [0.25, 0.3) is 0 Å². The Bertz CT molecular complexity index is 577. The summed E-state index contributed by atoms with van der Waals surface area (Å²) >= 11 is 0. The lowest BCUT2D eigenvalue weighted by atomic mass is 10.1. The molecule has 2 aromatic rings. The predicted molar refractivity (Wildman–Crippen MR) is 74.6 cm³/mol. The molecule has 0 N–H and O–H groups in total. The summed E-state index contributed by atoms with van der Waals surface area (Å²) in [4.78, 5) is 0. The van der Waals surface area contributed by atoms with Crippen LogP contribution in [-0.4, -0.2) is 0 Å². The van der Waals surface area contributed by atoms with Gasteiger partial charge in [-0.05, 0) is 36.6 Å². The second kappa shape index (κ2) is 5.42. The molecule has 0 saturated carbocycles. The summed E-state index contributed by atoms with van der Waals surface area (Å²) in [5, 5.41) is 0. The highest BCUT2D eigenvalue weighted by atomic mass is 16.5. The summed E-state index contributed by atoms with van der Waals surface area (Å²) in [6.45, 7) is 4.60. The molecule has 1 nitrogen and oxygen atoms in total. The van der Waals surface area contributed by atoms with E-state index in [0.717, 1.165) is 28.0 Å². The van der Waals surface area contributed by atoms with E-state index in [9.17, 15) is 0 Å². The van der Waals surface area contributed by atoms with Crippen LogP contribution in [0.5, 0.6) is 5.75 Å². The molecule has 0 fully saturated rings. The van der Waals surface area contributed by atoms with Gasteiger partial charge < -0.3 is 4.74 Å². The van der Waals surface area contributed by atoms with Crippen molar-refractivity contribution in [3.8, 4) is 18.1 Å². The minimum atomic E-state index is 0.541. The largest absolute Gasteiger partial charge is 0.487 e. The zero-order valence-corrected chi connectivity index (χ0v) is 10.7. The van der Waals surface area contributed by atoms with E-state index < -0.39 is 0 Å². The van der Waals surface area contributed by atoms with E-state index in [4.69, 9.17) is 11.2 Å². The predicted octanol–water partition coefficient (Wildman–Crippen LogP) is 3.86. The fourth-order valence-corrected chi connectivity index (χ4v) is 1.98. The topological polar surface area (TPSA) is 9.23 Å². The summed E-state index contributed by atoms with van der Waals surface area (Å²) in [5.74, 6) is 3.50. The minimum Gasteiger partial charge on any atom is -0.487 e. The third kappa shape index (κ3) is 2.73. The Morgan fingerprint density at radius 2 is 1.83 bits per heavy atom. The van der Waals surface area contributed by atoms with E-state index in [-0.39, 0.29) is 0 Å². The number of rotatable bonds is 3. The Hall–Kier alpha value is -2.20. The van der Waals surface area contributed by atoms with Crippen LogP contribution >= 0.6 is 0 Å². The van der Waals surface area contributed by atoms with Crippen molar-refractivity contribution in [1.29, 1.82) is 0 Å². The highest BCUT2D eigenvalue weighted by Crippen LogP contribution is 2.25. The van der Waals surface area contributed by atoms with Gasteiger partial charge >= 0.3 is 0 Å². The Morgan fingerprint density at radius 3 is 2.50 bits per heavy atom. The molecular formula is C17H16O. The van der Waals surface area contributed by atoms with E-state index in [0.29, 0.717) is 6.61 Å². The molecule has 0 bridgehead atoms. The number of benzene rings is 2. The van der Waals surface area contributed by atoms with Gasteiger partial charge in [-0.25, -0.2) is 0 Å². The molecule has 0 radical (unpaired) electrons. The second-order valence-corrected chi connectivity index (χ2v) is 4.38. The van der Waals surface area contributed by atoms with Crippen molar-refractivity contribution in [2.24, 2.45) is 0 Å². The maximum Gasteiger partial charge on any atom is 0.138 e. The molecule has 0 spiro atoms. The van der Waals surface area contributed by atoms with Gasteiger partial charge in [0.15, 0.2) is 0 Å². The van der Waals surface area contributed by atoms with Crippen LogP contribution in [0.25, 0.3) is 0 Å². The van der Waals surface area contributed by atoms with Crippen LogP contribution in [0.1, 0.15) is 22.3 Å². The maximum atomic E-state index is 5.86. The third-order valence-electron chi connectivity index (χ3n) is 2.80. The van der Waals surface area contributed by atoms with Gasteiger partial charge in [0.1, 0.15) is 12.4 Å². The van der Waals surface area contributed by atoms with Crippen molar-refractivity contribution in [3.63, 3.8) is 0 Å². The summed E-state index contributed by atoms with van der Waals surface area (Å²) < 4.78 is 5.86. The number of aryl methyl sites for hydroxylation is 2. The van der Waals surface area contributed by atoms with Crippen LogP contribution in [0.2, 0.25) is 0 Å². The molecule has 1 heteroatoms. The molecule has 90 valence electrons. The van der Waals surface area contributed by atoms with Crippen LogP contribution in [0.3, 0.4) is 0 Å². The van der Waals surface area contributed by atoms with E-state index >= 15 is 0 Å². The van der Waals surface area contributed by atoms with Gasteiger partial charge in [0.2, 0.25) is 0 Å². The average Bonchev–Trinajstić information content (AvgIpc) is 2.38. The average molecular weight is 236 g/mol. The van der Waals surface area contributed by atoms with Gasteiger partial charge in [0, 0.05) is 0 Å². The van der Waals surface area contributed by atoms with Crippen LogP contribution < -0.4 is 4.74 Å². The highest BCUT2D eigenvalue weighted by Gasteiger charge is 2.07. The van der Waals surface area contributed by atoms with Crippen molar-refractivity contribution in [3.05, 3.63) is 64.7 Å². The van der Waals surface area contributed by atoms with Crippen LogP contribution in [0.4, 0.5) is 0 Å². The molecule has 0 aliphatic rings. The zero-order chi connectivity index (χ0) is 13.0. The molecule has 0 saturated heterocycles. The Balaban J connectivity index is 2.22. The molecule has 18 heavy (non-hydrogen) atoms. The molecule has 0 aromatic heterocycles. The van der Waals surface area contributed by atoms with E-state index in [1.165, 1.54) is 0 Å². The summed E-state index contributed by atoms with van der Waals surface area (Å²) in [6, 6.07) is 14.1. The normalized spacial score (nSPS) is 9.83. The number of terminal acetylenes is 1. The Morgan fingerprint density at radius 1 is 1.11 bits per heavy atom. The number of ether oxygens (including phenoxy) is 1. The molecule has 0 aliphatic carbocycles. The first-order chi connectivity index (χ1) is 8.70. The lowest BCUT2D eigenvalue weighted by Gasteiger charge is -2.12. The van der Waals surface area contributed by atoms with Gasteiger partial charge in [-0.1, -0.05) is 42.3 Å². The maximum absolute atomic E-state index is 5.86. The molecule has 2 rings (SSSR count). The van der Waals surface area contributed by atoms with Gasteiger partial charge in [0.05, 0.1) is 5.56 Å². The van der Waals surface area contributed by atoms with Gasteiger partial charge in [-0.3, -0.25) is 0 Å². The third-order valence-corrected chi connectivity index (χ3v) is 2.80. The smallest absolute Gasteiger partial charge is 0.138 e. The fraction of sp³-hybridized carbons (Fsp3) is 0.176. The lowest BCUT2D eigenvalue weighted by molar-refractivity contribution is 0.303. The second-order valence-electron chi connectivity index (χ2n) is 4.38. The van der Waals surface area contributed by atoms with E-state index in [2.05, 4.69) is 12.0 Å². The van der Waals surface area contributed by atoms with Crippen molar-refractivity contribution in [1.82, 2.24) is 0 Å². The van der Waals surface area contributed by atoms with E-state index in [1.807, 2.05) is 50.2 Å². The Labute approximate surface area is 108 Å². The summed E-state index contributed by atoms with van der Waals surface area (Å²) in [5.41, 5.74) is 4.20. The number of hydrogen-bond donors (Lipinski definition) is 0. The first kappa shape index (κ1) is 12.3. The Kier molecular flexibility index (Phi) is 3.69. The van der Waals surface area contributed by atoms with Crippen molar-refractivity contribution in [2.75, 3.05) is 0 Å². The number of hydrogen-bond acceptors (Lipinski definition) is 1. The lowest BCUT2D eigenvalue weighted by Crippen LogP contribution is -1.99. The molecule has 0 aliphatic heterocycles. The van der Waals surface area contributed by atoms with Crippen LogP contribution in [-0.2, 0) is 6.61 Å². The molecule has 0 atom stereocenters. The van der Waals surface area contributed by atoms with Crippen molar-refractivity contribution >= 4 is 0 Å². The van der Waals surface area contributed by atoms with Gasteiger partial charge in [-0.2, -0.15) is 0 Å². The zero-order valence-electron chi connectivity index (χ0n) is 10.7. The van der Waals surface area contributed by atoms with E-state index in [1.54, 1.807) is 0 Å². The molecule has 0 unspecified atom stereocenters. The van der Waals surface area contributed by atoms with Crippen molar-refractivity contribution in [2.45, 2.75) is 20.5 Å². The standard InChI is InChI=1S/C17H16O/c1-4-16-11-13(2)10-14(3)17(16)18-12-15-8-6-5-7-9-15/h1,5-11H,12H2,2-3H3. The highest BCUT2D eigenvalue weighted by molar-refractivity contribution is 5.51. The van der Waals surface area contributed by atoms with Crippen LogP contribution in [0, 0.1) is 26.2 Å². The monoisotopic (exact) mass is 236 g/mol. The van der Waals surface area contributed by atoms with Gasteiger partial charge in [-0.15, -0.1) is 6.42 Å².